The van der Waals surface area contributed by atoms with Crippen LogP contribution >= 0.6 is 0 Å². The van der Waals surface area contributed by atoms with E-state index in [0.29, 0.717) is 24.5 Å². The smallest absolute Gasteiger partial charge is 0.416 e. The van der Waals surface area contributed by atoms with E-state index in [1.165, 1.54) is 0 Å². The molecule has 1 saturated carbocycles. The largest absolute Gasteiger partial charge is 0.504 e. The molecule has 30 heavy (non-hydrogen) atoms. The van der Waals surface area contributed by atoms with Crippen LogP contribution in [0.25, 0.3) is 0 Å². The minimum Gasteiger partial charge on any atom is -0.504 e. The van der Waals surface area contributed by atoms with E-state index in [-0.39, 0.29) is 23.3 Å². The lowest BCUT2D eigenvalue weighted by atomic mass is 9.85. The summed E-state index contributed by atoms with van der Waals surface area (Å²) in [5.41, 5.74) is -1.53. The number of nitrogens with zero attached hydrogens (tertiary/aromatic N) is 2. The lowest BCUT2D eigenvalue weighted by molar-refractivity contribution is -0.137. The predicted molar refractivity (Wildman–Crippen MR) is 104 cm³/mol. The molecule has 1 aromatic heterocycles. The van der Waals surface area contributed by atoms with Crippen LogP contribution < -0.4 is 10.2 Å². The minimum atomic E-state index is -4.72. The number of amides is 1. The first-order valence-corrected chi connectivity index (χ1v) is 9.68. The molecule has 1 fully saturated rings. The van der Waals surface area contributed by atoms with Gasteiger partial charge in [-0.15, -0.1) is 0 Å². The van der Waals surface area contributed by atoms with Crippen LogP contribution in [0.1, 0.15) is 41.6 Å². The lowest BCUT2D eigenvalue weighted by Crippen LogP contribution is -2.38. The number of hydrogen-bond donors (Lipinski definition) is 2. The molecule has 1 aromatic carbocycles. The van der Waals surface area contributed by atoms with Gasteiger partial charge in [-0.2, -0.15) is 13.2 Å². The molecule has 1 aliphatic rings. The molecular formula is C21H23F4N3O2. The van der Waals surface area contributed by atoms with Gasteiger partial charge in [-0.1, -0.05) is 0 Å². The molecule has 162 valence electrons. The molecule has 0 unspecified atom stereocenters. The van der Waals surface area contributed by atoms with Crippen molar-refractivity contribution in [1.29, 1.82) is 0 Å². The van der Waals surface area contributed by atoms with Gasteiger partial charge in [-0.05, 0) is 61.9 Å². The molecule has 0 aliphatic heterocycles. The van der Waals surface area contributed by atoms with Crippen LogP contribution in [-0.4, -0.2) is 35.6 Å². The number of rotatable bonds is 5. The van der Waals surface area contributed by atoms with Crippen molar-refractivity contribution in [3.8, 4) is 5.75 Å². The van der Waals surface area contributed by atoms with Crippen molar-refractivity contribution in [3.05, 3.63) is 53.5 Å². The molecule has 0 saturated heterocycles. The van der Waals surface area contributed by atoms with E-state index in [1.54, 1.807) is 18.3 Å². The molecule has 3 rings (SSSR count). The summed E-state index contributed by atoms with van der Waals surface area (Å²) >= 11 is 0. The zero-order valence-electron chi connectivity index (χ0n) is 16.4. The summed E-state index contributed by atoms with van der Waals surface area (Å²) in [7, 11) is 1.87. The highest BCUT2D eigenvalue weighted by molar-refractivity contribution is 5.94. The molecule has 1 heterocycles. The van der Waals surface area contributed by atoms with Crippen LogP contribution in [-0.2, 0) is 6.18 Å². The van der Waals surface area contributed by atoms with E-state index in [1.807, 2.05) is 11.9 Å². The number of hydrogen-bond acceptors (Lipinski definition) is 4. The first-order valence-electron chi connectivity index (χ1n) is 9.68. The van der Waals surface area contributed by atoms with Crippen molar-refractivity contribution in [2.24, 2.45) is 5.92 Å². The van der Waals surface area contributed by atoms with Gasteiger partial charge in [0, 0.05) is 31.4 Å². The zero-order chi connectivity index (χ0) is 21.9. The normalized spacial score (nSPS) is 19.4. The molecule has 9 heteroatoms. The third kappa shape index (κ3) is 5.20. The van der Waals surface area contributed by atoms with E-state index in [4.69, 9.17) is 0 Å². The molecule has 5 nitrogen and oxygen atoms in total. The van der Waals surface area contributed by atoms with Gasteiger partial charge in [0.2, 0.25) is 0 Å². The summed E-state index contributed by atoms with van der Waals surface area (Å²) in [5.74, 6) is -1.02. The number of aromatic hydroxyl groups is 1. The van der Waals surface area contributed by atoms with Crippen molar-refractivity contribution in [1.82, 2.24) is 10.3 Å². The zero-order valence-corrected chi connectivity index (χ0v) is 16.4. The van der Waals surface area contributed by atoms with Crippen molar-refractivity contribution in [2.75, 3.05) is 18.5 Å². The number of pyridine rings is 1. The predicted octanol–water partition coefficient (Wildman–Crippen LogP) is 4.37. The Balaban J connectivity index is 1.53. The van der Waals surface area contributed by atoms with E-state index < -0.39 is 23.5 Å². The van der Waals surface area contributed by atoms with E-state index >= 15 is 0 Å². The van der Waals surface area contributed by atoms with Gasteiger partial charge in [0.25, 0.3) is 5.91 Å². The van der Waals surface area contributed by atoms with Crippen molar-refractivity contribution < 1.29 is 27.5 Å². The number of nitrogens with one attached hydrogen (secondary N) is 1. The number of alkyl halides is 3. The Labute approximate surface area is 171 Å². The molecule has 0 bridgehead atoms. The second-order valence-corrected chi connectivity index (χ2v) is 7.57. The summed E-state index contributed by atoms with van der Waals surface area (Å²) in [6, 6.07) is 5.25. The summed E-state index contributed by atoms with van der Waals surface area (Å²) in [4.78, 5) is 18.4. The van der Waals surface area contributed by atoms with Gasteiger partial charge in [0.1, 0.15) is 5.82 Å². The van der Waals surface area contributed by atoms with E-state index in [0.717, 1.165) is 31.7 Å². The molecule has 0 atom stereocenters. The van der Waals surface area contributed by atoms with Crippen molar-refractivity contribution >= 4 is 11.7 Å². The number of carbonyl (C=O) groups excluding carboxylic acids is 1. The van der Waals surface area contributed by atoms with Crippen LogP contribution in [0, 0.1) is 11.7 Å². The Hall–Kier alpha value is -2.84. The third-order valence-corrected chi connectivity index (χ3v) is 5.50. The van der Waals surface area contributed by atoms with Crippen molar-refractivity contribution in [2.45, 2.75) is 37.9 Å². The number of anilines is 1. The highest BCUT2D eigenvalue weighted by Crippen LogP contribution is 2.32. The molecule has 2 N–H and O–H groups in total. The standard InChI is InChI=1S/C21H23F4N3O2/c1-28(19-18(29)3-2-8-26-19)17-6-4-13(5-7-17)12-27-20(30)14-9-15(21(23,24)25)11-16(22)10-14/h2-3,8-11,13,17,29H,4-7,12H2,1H3,(H,27,30)/t13-,17+. The monoisotopic (exact) mass is 425 g/mol. The summed E-state index contributed by atoms with van der Waals surface area (Å²) in [6.45, 7) is 0.308. The second kappa shape index (κ2) is 8.89. The number of carbonyl (C=O) groups is 1. The average Bonchev–Trinajstić information content (AvgIpc) is 2.71. The van der Waals surface area contributed by atoms with Gasteiger partial charge >= 0.3 is 6.18 Å². The van der Waals surface area contributed by atoms with Crippen LogP contribution in [0.2, 0.25) is 0 Å². The fourth-order valence-electron chi connectivity index (χ4n) is 3.79. The molecule has 0 radical (unpaired) electrons. The molecule has 0 spiro atoms. The summed E-state index contributed by atoms with van der Waals surface area (Å²) in [6.07, 6.45) is 0.156. The Morgan fingerprint density at radius 1 is 1.23 bits per heavy atom. The molecule has 2 aromatic rings. The molecule has 1 aliphatic carbocycles. The van der Waals surface area contributed by atoms with E-state index in [9.17, 15) is 27.5 Å². The minimum absolute atomic E-state index is 0.114. The highest BCUT2D eigenvalue weighted by atomic mass is 19.4. The fraction of sp³-hybridized carbons (Fsp3) is 0.429. The SMILES string of the molecule is CN(c1ncccc1O)[C@H]1CC[C@@H](CNC(=O)c2cc(F)cc(C(F)(F)F)c2)CC1. The number of aromatic nitrogens is 1. The maximum absolute atomic E-state index is 13.5. The molecule has 1 amide bonds. The maximum atomic E-state index is 13.5. The van der Waals surface area contributed by atoms with Crippen molar-refractivity contribution in [3.63, 3.8) is 0 Å². The Morgan fingerprint density at radius 2 is 1.93 bits per heavy atom. The van der Waals surface area contributed by atoms with E-state index in [2.05, 4.69) is 10.3 Å². The Morgan fingerprint density at radius 3 is 2.57 bits per heavy atom. The molecular weight excluding hydrogens is 402 g/mol. The van der Waals surface area contributed by atoms with Gasteiger partial charge < -0.3 is 15.3 Å². The van der Waals surface area contributed by atoms with Crippen LogP contribution in [0.15, 0.2) is 36.5 Å². The number of halogens is 4. The Kier molecular flexibility index (Phi) is 6.48. The number of benzene rings is 1. The van der Waals surface area contributed by atoms with Gasteiger partial charge in [0.05, 0.1) is 5.56 Å². The first kappa shape index (κ1) is 21.9. The Bertz CT molecular complexity index is 896. The van der Waals surface area contributed by atoms with Gasteiger partial charge in [0.15, 0.2) is 11.6 Å². The average molecular weight is 425 g/mol. The quantitative estimate of drug-likeness (QED) is 0.699. The van der Waals surface area contributed by atoms with Crippen LogP contribution in [0.3, 0.4) is 0 Å². The topological polar surface area (TPSA) is 65.5 Å². The first-order chi connectivity index (χ1) is 14.1. The highest BCUT2D eigenvalue weighted by Gasteiger charge is 2.32. The maximum Gasteiger partial charge on any atom is 0.416 e. The summed E-state index contributed by atoms with van der Waals surface area (Å²) < 4.78 is 51.9. The lowest BCUT2D eigenvalue weighted by Gasteiger charge is -2.35. The van der Waals surface area contributed by atoms with Crippen LogP contribution in [0.4, 0.5) is 23.4 Å². The third-order valence-electron chi connectivity index (χ3n) is 5.50. The van der Waals surface area contributed by atoms with Crippen LogP contribution in [0.5, 0.6) is 5.75 Å². The second-order valence-electron chi connectivity index (χ2n) is 7.57. The fourth-order valence-corrected chi connectivity index (χ4v) is 3.79. The van der Waals surface area contributed by atoms with Gasteiger partial charge in [-0.25, -0.2) is 9.37 Å². The summed E-state index contributed by atoms with van der Waals surface area (Å²) in [5, 5.41) is 12.6. The van der Waals surface area contributed by atoms with Gasteiger partial charge in [-0.3, -0.25) is 4.79 Å².